The maximum absolute atomic E-state index is 5.43. The third kappa shape index (κ3) is 7.01. The summed E-state index contributed by atoms with van der Waals surface area (Å²) in [5, 5.41) is 0. The van der Waals surface area contributed by atoms with Gasteiger partial charge >= 0.3 is 0 Å². The Morgan fingerprint density at radius 1 is 0.933 bits per heavy atom. The predicted molar refractivity (Wildman–Crippen MR) is 69.7 cm³/mol. The fourth-order valence-electron chi connectivity index (χ4n) is 1.09. The van der Waals surface area contributed by atoms with Crippen LogP contribution in [0.4, 0.5) is 0 Å². The van der Waals surface area contributed by atoms with Crippen LogP contribution in [0.1, 0.15) is 47.1 Å². The molecule has 1 aromatic carbocycles. The molecule has 0 radical (unpaired) electrons. The zero-order valence-electron chi connectivity index (χ0n) is 11.1. The first-order chi connectivity index (χ1) is 7.38. The summed E-state index contributed by atoms with van der Waals surface area (Å²) in [5.41, 5.74) is 1.29. The first-order valence-electron chi connectivity index (χ1n) is 6.09. The second kappa shape index (κ2) is 13.0. The van der Waals surface area contributed by atoms with E-state index in [2.05, 4.69) is 13.0 Å². The van der Waals surface area contributed by atoms with Crippen LogP contribution in [0, 0.1) is 0 Å². The van der Waals surface area contributed by atoms with Crippen molar-refractivity contribution in [3.05, 3.63) is 29.8 Å². The van der Waals surface area contributed by atoms with E-state index in [0.29, 0.717) is 0 Å². The molecule has 0 saturated heterocycles. The highest BCUT2D eigenvalue weighted by Crippen LogP contribution is 2.17. The average molecular weight is 210 g/mol. The number of aryl methyl sites for hydroxylation is 1. The number of ether oxygens (including phenoxy) is 1. The lowest BCUT2D eigenvalue weighted by atomic mass is 10.1. The highest BCUT2D eigenvalue weighted by Gasteiger charge is 1.97. The lowest BCUT2D eigenvalue weighted by molar-refractivity contribution is 0.337. The van der Waals surface area contributed by atoms with Gasteiger partial charge in [-0.05, 0) is 25.0 Å². The Kier molecular flexibility index (Phi) is 14.3. The SMILES string of the molecule is CC.CC.CCOc1ccccc1CC. The highest BCUT2D eigenvalue weighted by atomic mass is 16.5. The normalized spacial score (nSPS) is 7.87. The maximum atomic E-state index is 5.43. The molecule has 1 rings (SSSR count). The van der Waals surface area contributed by atoms with Crippen molar-refractivity contribution in [1.29, 1.82) is 0 Å². The van der Waals surface area contributed by atoms with E-state index in [1.807, 2.05) is 52.8 Å². The second-order valence-corrected chi connectivity index (χ2v) is 2.39. The molecule has 0 bridgehead atoms. The van der Waals surface area contributed by atoms with Gasteiger partial charge in [-0.1, -0.05) is 52.8 Å². The summed E-state index contributed by atoms with van der Waals surface area (Å²) in [5.74, 6) is 1.03. The molecule has 0 saturated carbocycles. The van der Waals surface area contributed by atoms with Crippen molar-refractivity contribution in [3.8, 4) is 5.75 Å². The van der Waals surface area contributed by atoms with E-state index in [9.17, 15) is 0 Å². The van der Waals surface area contributed by atoms with Crippen LogP contribution in [0.3, 0.4) is 0 Å². The van der Waals surface area contributed by atoms with Crippen LogP contribution in [0.15, 0.2) is 24.3 Å². The number of hydrogen-bond donors (Lipinski definition) is 0. The molecular formula is C14H26O. The molecule has 0 N–H and O–H groups in total. The van der Waals surface area contributed by atoms with Crippen molar-refractivity contribution in [2.24, 2.45) is 0 Å². The largest absolute Gasteiger partial charge is 0.494 e. The third-order valence-corrected chi connectivity index (χ3v) is 1.65. The minimum absolute atomic E-state index is 0.747. The van der Waals surface area contributed by atoms with Crippen LogP contribution in [-0.2, 0) is 6.42 Å². The van der Waals surface area contributed by atoms with E-state index in [1.165, 1.54) is 5.56 Å². The first-order valence-corrected chi connectivity index (χ1v) is 6.09. The molecular weight excluding hydrogens is 184 g/mol. The van der Waals surface area contributed by atoms with E-state index in [1.54, 1.807) is 0 Å². The van der Waals surface area contributed by atoms with E-state index in [4.69, 9.17) is 4.74 Å². The zero-order valence-corrected chi connectivity index (χ0v) is 11.1. The number of para-hydroxylation sites is 1. The lowest BCUT2D eigenvalue weighted by Crippen LogP contribution is -1.94. The highest BCUT2D eigenvalue weighted by molar-refractivity contribution is 5.32. The number of benzene rings is 1. The summed E-state index contributed by atoms with van der Waals surface area (Å²) >= 11 is 0. The van der Waals surface area contributed by atoms with Gasteiger partial charge in [0.25, 0.3) is 0 Å². The summed E-state index contributed by atoms with van der Waals surface area (Å²) in [7, 11) is 0. The molecule has 1 heteroatoms. The Hall–Kier alpha value is -0.980. The molecule has 0 fully saturated rings. The van der Waals surface area contributed by atoms with Crippen molar-refractivity contribution in [2.75, 3.05) is 6.61 Å². The topological polar surface area (TPSA) is 9.23 Å². The van der Waals surface area contributed by atoms with Gasteiger partial charge < -0.3 is 4.74 Å². The second-order valence-electron chi connectivity index (χ2n) is 2.39. The van der Waals surface area contributed by atoms with Gasteiger partial charge in [-0.2, -0.15) is 0 Å². The standard InChI is InChI=1S/C10H14O.2C2H6/c1-3-9-7-5-6-8-10(9)11-4-2;2*1-2/h5-8H,3-4H2,1-2H3;2*1-2H3. The molecule has 88 valence electrons. The van der Waals surface area contributed by atoms with Crippen molar-refractivity contribution >= 4 is 0 Å². The first kappa shape index (κ1) is 16.4. The summed E-state index contributed by atoms with van der Waals surface area (Å²) in [6.45, 7) is 12.9. The van der Waals surface area contributed by atoms with E-state index in [-0.39, 0.29) is 0 Å². The Morgan fingerprint density at radius 2 is 1.47 bits per heavy atom. The monoisotopic (exact) mass is 210 g/mol. The van der Waals surface area contributed by atoms with Crippen molar-refractivity contribution < 1.29 is 4.74 Å². The molecule has 0 amide bonds. The Bertz CT molecular complexity index is 218. The van der Waals surface area contributed by atoms with Gasteiger partial charge in [0.05, 0.1) is 6.61 Å². The quantitative estimate of drug-likeness (QED) is 0.702. The van der Waals surface area contributed by atoms with Crippen LogP contribution < -0.4 is 4.74 Å². The van der Waals surface area contributed by atoms with Gasteiger partial charge in [0.2, 0.25) is 0 Å². The molecule has 15 heavy (non-hydrogen) atoms. The molecule has 0 unspecified atom stereocenters. The Morgan fingerprint density at radius 3 is 1.93 bits per heavy atom. The summed E-state index contributed by atoms with van der Waals surface area (Å²) < 4.78 is 5.43. The molecule has 0 aromatic heterocycles. The van der Waals surface area contributed by atoms with Crippen LogP contribution in [0.2, 0.25) is 0 Å². The van der Waals surface area contributed by atoms with Crippen molar-refractivity contribution in [1.82, 2.24) is 0 Å². The summed E-state index contributed by atoms with van der Waals surface area (Å²) in [4.78, 5) is 0. The minimum Gasteiger partial charge on any atom is -0.494 e. The Labute approximate surface area is 95.5 Å². The van der Waals surface area contributed by atoms with E-state index < -0.39 is 0 Å². The van der Waals surface area contributed by atoms with Crippen molar-refractivity contribution in [3.63, 3.8) is 0 Å². The molecule has 0 spiro atoms. The smallest absolute Gasteiger partial charge is 0.122 e. The van der Waals surface area contributed by atoms with Gasteiger partial charge in [-0.3, -0.25) is 0 Å². The fourth-order valence-corrected chi connectivity index (χ4v) is 1.09. The molecule has 1 aromatic rings. The van der Waals surface area contributed by atoms with Gasteiger partial charge in [0.1, 0.15) is 5.75 Å². The third-order valence-electron chi connectivity index (χ3n) is 1.65. The number of rotatable bonds is 3. The lowest BCUT2D eigenvalue weighted by Gasteiger charge is -2.06. The van der Waals surface area contributed by atoms with Gasteiger partial charge in [0, 0.05) is 0 Å². The predicted octanol–water partition coefficient (Wildman–Crippen LogP) is 4.70. The van der Waals surface area contributed by atoms with Crippen LogP contribution in [-0.4, -0.2) is 6.61 Å². The average Bonchev–Trinajstić information content (AvgIpc) is 2.35. The fraction of sp³-hybridized carbons (Fsp3) is 0.571. The molecule has 0 heterocycles. The molecule has 0 aliphatic rings. The van der Waals surface area contributed by atoms with Gasteiger partial charge in [-0.15, -0.1) is 0 Å². The Balaban J connectivity index is 0. The molecule has 0 atom stereocenters. The summed E-state index contributed by atoms with van der Waals surface area (Å²) in [6.07, 6.45) is 1.04. The van der Waals surface area contributed by atoms with Crippen molar-refractivity contribution in [2.45, 2.75) is 48.0 Å². The molecule has 1 nitrogen and oxygen atoms in total. The van der Waals surface area contributed by atoms with Gasteiger partial charge in [-0.25, -0.2) is 0 Å². The molecule has 0 aliphatic heterocycles. The molecule has 0 aliphatic carbocycles. The van der Waals surface area contributed by atoms with E-state index >= 15 is 0 Å². The number of hydrogen-bond acceptors (Lipinski definition) is 1. The van der Waals surface area contributed by atoms with Gasteiger partial charge in [0.15, 0.2) is 0 Å². The summed E-state index contributed by atoms with van der Waals surface area (Å²) in [6, 6.07) is 8.17. The maximum Gasteiger partial charge on any atom is 0.122 e. The van der Waals surface area contributed by atoms with Crippen LogP contribution in [0.5, 0.6) is 5.75 Å². The minimum atomic E-state index is 0.747. The zero-order chi connectivity index (χ0) is 12.1. The van der Waals surface area contributed by atoms with E-state index in [0.717, 1.165) is 18.8 Å². The van der Waals surface area contributed by atoms with Crippen LogP contribution >= 0.6 is 0 Å². The van der Waals surface area contributed by atoms with Crippen LogP contribution in [0.25, 0.3) is 0 Å².